The number of aromatic nitrogens is 2. The van der Waals surface area contributed by atoms with Crippen LogP contribution in [0.4, 0.5) is 5.82 Å². The highest BCUT2D eigenvalue weighted by molar-refractivity contribution is 5.94. The molecule has 1 fully saturated rings. The maximum atomic E-state index is 11.5. The van der Waals surface area contributed by atoms with Crippen LogP contribution in [0.2, 0.25) is 0 Å². The minimum atomic E-state index is -0.362. The second kappa shape index (κ2) is 5.28. The number of nitrogens with two attached hydrogens (primary N) is 1. The predicted molar refractivity (Wildman–Crippen MR) is 76.6 cm³/mol. The van der Waals surface area contributed by atoms with Crippen molar-refractivity contribution in [2.75, 3.05) is 18.0 Å². The Morgan fingerprint density at radius 2 is 2.10 bits per heavy atom. The summed E-state index contributed by atoms with van der Waals surface area (Å²) in [6.45, 7) is 1.75. The lowest BCUT2D eigenvalue weighted by atomic mass is 9.93. The van der Waals surface area contributed by atoms with Crippen LogP contribution in [0.1, 0.15) is 28.3 Å². The van der Waals surface area contributed by atoms with Crippen molar-refractivity contribution in [2.45, 2.75) is 12.3 Å². The number of hydrogen-bond acceptors (Lipinski definition) is 4. The summed E-state index contributed by atoms with van der Waals surface area (Å²) in [7, 11) is 0. The molecular weight excluding hydrogens is 252 g/mol. The number of hydrogen-bond donors (Lipinski definition) is 1. The molecule has 0 bridgehead atoms. The first kappa shape index (κ1) is 12.6. The summed E-state index contributed by atoms with van der Waals surface area (Å²) in [4.78, 5) is 13.7. The number of primary amides is 1. The van der Waals surface area contributed by atoms with Gasteiger partial charge in [0.1, 0.15) is 0 Å². The largest absolute Gasteiger partial charge is 0.366 e. The number of benzene rings is 1. The van der Waals surface area contributed by atoms with E-state index in [1.165, 1.54) is 0 Å². The fourth-order valence-electron chi connectivity index (χ4n) is 2.76. The fourth-order valence-corrected chi connectivity index (χ4v) is 2.76. The molecule has 5 heteroatoms. The zero-order chi connectivity index (χ0) is 13.9. The van der Waals surface area contributed by atoms with E-state index in [9.17, 15) is 4.79 Å². The highest BCUT2D eigenvalue weighted by Crippen LogP contribution is 2.31. The van der Waals surface area contributed by atoms with Crippen molar-refractivity contribution >= 4 is 11.7 Å². The second-order valence-corrected chi connectivity index (χ2v) is 4.96. The first-order valence-corrected chi connectivity index (χ1v) is 6.67. The fraction of sp³-hybridized carbons (Fsp3) is 0.267. The summed E-state index contributed by atoms with van der Waals surface area (Å²) < 4.78 is 0. The van der Waals surface area contributed by atoms with Crippen LogP contribution in [-0.4, -0.2) is 29.2 Å². The van der Waals surface area contributed by atoms with E-state index in [-0.39, 0.29) is 5.91 Å². The molecule has 1 saturated heterocycles. The van der Waals surface area contributed by atoms with Crippen LogP contribution in [0.25, 0.3) is 0 Å². The van der Waals surface area contributed by atoms with Gasteiger partial charge in [-0.3, -0.25) is 4.79 Å². The van der Waals surface area contributed by atoms with Crippen LogP contribution in [0, 0.1) is 0 Å². The van der Waals surface area contributed by atoms with Crippen molar-refractivity contribution in [1.82, 2.24) is 10.2 Å². The number of anilines is 1. The van der Waals surface area contributed by atoms with Gasteiger partial charge >= 0.3 is 0 Å². The molecule has 2 N–H and O–H groups in total. The molecule has 0 spiro atoms. The lowest BCUT2D eigenvalue weighted by molar-refractivity contribution is 0.0999. The van der Waals surface area contributed by atoms with Crippen molar-refractivity contribution in [3.63, 3.8) is 0 Å². The quantitative estimate of drug-likeness (QED) is 0.917. The molecule has 1 amide bonds. The van der Waals surface area contributed by atoms with Crippen LogP contribution in [0.15, 0.2) is 42.6 Å². The van der Waals surface area contributed by atoms with E-state index in [4.69, 9.17) is 5.73 Å². The van der Waals surface area contributed by atoms with Crippen LogP contribution < -0.4 is 10.6 Å². The van der Waals surface area contributed by atoms with E-state index >= 15 is 0 Å². The van der Waals surface area contributed by atoms with Crippen LogP contribution >= 0.6 is 0 Å². The average molecular weight is 268 g/mol. The normalized spacial score (nSPS) is 18.2. The molecule has 0 radical (unpaired) electrons. The third kappa shape index (κ3) is 2.34. The van der Waals surface area contributed by atoms with Crippen LogP contribution in [0.5, 0.6) is 0 Å². The van der Waals surface area contributed by atoms with E-state index in [1.54, 1.807) is 12.3 Å². The Bertz CT molecular complexity index is 614. The Labute approximate surface area is 117 Å². The van der Waals surface area contributed by atoms with Gasteiger partial charge < -0.3 is 10.6 Å². The van der Waals surface area contributed by atoms with Gasteiger partial charge in [0.25, 0.3) is 0 Å². The Hall–Kier alpha value is -2.43. The Balaban J connectivity index is 1.83. The van der Waals surface area contributed by atoms with Crippen LogP contribution in [-0.2, 0) is 0 Å². The molecule has 1 aromatic carbocycles. The molecule has 3 rings (SSSR count). The monoisotopic (exact) mass is 268 g/mol. The third-order valence-corrected chi connectivity index (χ3v) is 3.74. The van der Waals surface area contributed by atoms with Crippen molar-refractivity contribution in [1.29, 1.82) is 0 Å². The number of carbonyl (C=O) groups is 1. The molecule has 0 saturated carbocycles. The molecule has 2 aromatic rings. The molecule has 1 aliphatic heterocycles. The van der Waals surface area contributed by atoms with Crippen molar-refractivity contribution in [2.24, 2.45) is 5.73 Å². The highest BCUT2D eigenvalue weighted by Gasteiger charge is 2.27. The highest BCUT2D eigenvalue weighted by atomic mass is 16.1. The molecule has 0 aliphatic carbocycles. The maximum Gasteiger partial charge on any atom is 0.248 e. The van der Waals surface area contributed by atoms with Crippen molar-refractivity contribution in [3.05, 3.63) is 53.7 Å². The molecule has 1 aliphatic rings. The van der Waals surface area contributed by atoms with Crippen molar-refractivity contribution in [3.8, 4) is 0 Å². The standard InChI is InChI=1S/C15H16N4O/c16-15(20)13-5-2-1-4-12(13)11-7-9-19(10-11)14-6-3-8-17-18-14/h1-6,8,11H,7,9-10H2,(H2,16,20). The van der Waals surface area contributed by atoms with E-state index in [0.29, 0.717) is 11.5 Å². The zero-order valence-electron chi connectivity index (χ0n) is 11.1. The van der Waals surface area contributed by atoms with Crippen LogP contribution in [0.3, 0.4) is 0 Å². The maximum absolute atomic E-state index is 11.5. The average Bonchev–Trinajstić information content (AvgIpc) is 2.98. The van der Waals surface area contributed by atoms with Gasteiger partial charge in [0, 0.05) is 30.8 Å². The van der Waals surface area contributed by atoms with E-state index in [2.05, 4.69) is 15.1 Å². The lowest BCUT2D eigenvalue weighted by Gasteiger charge is -2.17. The topological polar surface area (TPSA) is 72.1 Å². The van der Waals surface area contributed by atoms with Gasteiger partial charge in [-0.05, 0) is 30.2 Å². The van der Waals surface area contributed by atoms with Gasteiger partial charge in [-0.25, -0.2) is 0 Å². The molecular formula is C15H16N4O. The Morgan fingerprint density at radius 3 is 2.85 bits per heavy atom. The van der Waals surface area contributed by atoms with Crippen molar-refractivity contribution < 1.29 is 4.79 Å². The summed E-state index contributed by atoms with van der Waals surface area (Å²) >= 11 is 0. The smallest absolute Gasteiger partial charge is 0.248 e. The lowest BCUT2D eigenvalue weighted by Crippen LogP contribution is -2.21. The summed E-state index contributed by atoms with van der Waals surface area (Å²) in [5.74, 6) is 0.825. The third-order valence-electron chi connectivity index (χ3n) is 3.74. The summed E-state index contributed by atoms with van der Waals surface area (Å²) in [5, 5.41) is 8.04. The van der Waals surface area contributed by atoms with Gasteiger partial charge in [-0.1, -0.05) is 18.2 Å². The molecule has 1 unspecified atom stereocenters. The Kier molecular flexibility index (Phi) is 3.33. The molecule has 5 nitrogen and oxygen atoms in total. The predicted octanol–water partition coefficient (Wildman–Crippen LogP) is 1.57. The number of rotatable bonds is 3. The minimum Gasteiger partial charge on any atom is -0.366 e. The molecule has 102 valence electrons. The summed E-state index contributed by atoms with van der Waals surface area (Å²) in [5.41, 5.74) is 7.11. The van der Waals surface area contributed by atoms with Gasteiger partial charge in [0.15, 0.2) is 5.82 Å². The summed E-state index contributed by atoms with van der Waals surface area (Å²) in [6.07, 6.45) is 2.65. The Morgan fingerprint density at radius 1 is 1.25 bits per heavy atom. The first-order chi connectivity index (χ1) is 9.75. The second-order valence-electron chi connectivity index (χ2n) is 4.96. The van der Waals surface area contributed by atoms with E-state index in [1.807, 2.05) is 30.3 Å². The SMILES string of the molecule is NC(=O)c1ccccc1C1CCN(c2cccnn2)C1. The van der Waals surface area contributed by atoms with Gasteiger partial charge in [0.05, 0.1) is 0 Å². The van der Waals surface area contributed by atoms with E-state index in [0.717, 1.165) is 30.9 Å². The number of nitrogens with zero attached hydrogens (tertiary/aromatic N) is 3. The minimum absolute atomic E-state index is 0.306. The summed E-state index contributed by atoms with van der Waals surface area (Å²) in [6, 6.07) is 11.4. The van der Waals surface area contributed by atoms with Gasteiger partial charge in [-0.15, -0.1) is 5.10 Å². The van der Waals surface area contributed by atoms with Gasteiger partial charge in [0.2, 0.25) is 5.91 Å². The van der Waals surface area contributed by atoms with Gasteiger partial charge in [-0.2, -0.15) is 5.10 Å². The number of carbonyl (C=O) groups excluding carboxylic acids is 1. The number of amides is 1. The molecule has 1 atom stereocenters. The van der Waals surface area contributed by atoms with E-state index < -0.39 is 0 Å². The first-order valence-electron chi connectivity index (χ1n) is 6.67. The molecule has 1 aromatic heterocycles. The zero-order valence-corrected chi connectivity index (χ0v) is 11.1. The molecule has 2 heterocycles. The molecule has 20 heavy (non-hydrogen) atoms.